The van der Waals surface area contributed by atoms with E-state index < -0.39 is 0 Å². The van der Waals surface area contributed by atoms with Crippen LogP contribution in [-0.4, -0.2) is 19.8 Å². The van der Waals surface area contributed by atoms with Gasteiger partial charge in [0.1, 0.15) is 0 Å². The normalized spacial score (nSPS) is 18.4. The SMILES string of the molecule is CCCNC(CC1CCOCC1)c1cccc(C)c1. The number of benzene rings is 1. The first-order valence-corrected chi connectivity index (χ1v) is 7.67. The van der Waals surface area contributed by atoms with Crippen molar-refractivity contribution in [2.24, 2.45) is 5.92 Å². The zero-order chi connectivity index (χ0) is 13.5. The van der Waals surface area contributed by atoms with Crippen LogP contribution in [-0.2, 0) is 4.74 Å². The fourth-order valence-electron chi connectivity index (χ4n) is 2.86. The molecule has 1 N–H and O–H groups in total. The van der Waals surface area contributed by atoms with Gasteiger partial charge >= 0.3 is 0 Å². The van der Waals surface area contributed by atoms with E-state index in [4.69, 9.17) is 4.74 Å². The van der Waals surface area contributed by atoms with Crippen LogP contribution in [0.5, 0.6) is 0 Å². The molecule has 0 saturated carbocycles. The number of ether oxygens (including phenoxy) is 1. The summed E-state index contributed by atoms with van der Waals surface area (Å²) in [6, 6.07) is 9.44. The van der Waals surface area contributed by atoms with Crippen molar-refractivity contribution in [2.45, 2.75) is 45.6 Å². The molecule has 0 radical (unpaired) electrons. The predicted molar refractivity (Wildman–Crippen MR) is 80.4 cm³/mol. The van der Waals surface area contributed by atoms with Crippen LogP contribution in [0.15, 0.2) is 24.3 Å². The van der Waals surface area contributed by atoms with E-state index in [1.807, 2.05) is 0 Å². The smallest absolute Gasteiger partial charge is 0.0468 e. The summed E-state index contributed by atoms with van der Waals surface area (Å²) in [6.45, 7) is 7.39. The molecule has 1 atom stereocenters. The highest BCUT2D eigenvalue weighted by atomic mass is 16.5. The molecule has 0 aliphatic carbocycles. The van der Waals surface area contributed by atoms with Gasteiger partial charge in [-0.2, -0.15) is 0 Å². The zero-order valence-electron chi connectivity index (χ0n) is 12.3. The van der Waals surface area contributed by atoms with E-state index in [2.05, 4.69) is 43.4 Å². The molecule has 0 amide bonds. The molecule has 106 valence electrons. The van der Waals surface area contributed by atoms with Gasteiger partial charge < -0.3 is 10.1 Å². The molecule has 1 unspecified atom stereocenters. The molecule has 0 aromatic heterocycles. The third kappa shape index (κ3) is 4.63. The predicted octanol–water partition coefficient (Wildman–Crippen LogP) is 3.85. The van der Waals surface area contributed by atoms with Crippen LogP contribution in [0.25, 0.3) is 0 Å². The largest absolute Gasteiger partial charge is 0.381 e. The molecule has 2 heteroatoms. The van der Waals surface area contributed by atoms with Crippen LogP contribution in [0.3, 0.4) is 0 Å². The van der Waals surface area contributed by atoms with Crippen molar-refractivity contribution in [3.63, 3.8) is 0 Å². The number of aryl methyl sites for hydroxylation is 1. The fraction of sp³-hybridized carbons (Fsp3) is 0.647. The second-order valence-corrected chi connectivity index (χ2v) is 5.71. The number of nitrogens with one attached hydrogen (secondary N) is 1. The van der Waals surface area contributed by atoms with E-state index >= 15 is 0 Å². The quantitative estimate of drug-likeness (QED) is 0.839. The van der Waals surface area contributed by atoms with Gasteiger partial charge in [-0.1, -0.05) is 36.8 Å². The molecule has 1 aliphatic rings. The number of hydrogen-bond acceptors (Lipinski definition) is 2. The van der Waals surface area contributed by atoms with E-state index in [1.54, 1.807) is 0 Å². The Morgan fingerprint density at radius 2 is 2.11 bits per heavy atom. The van der Waals surface area contributed by atoms with Crippen molar-refractivity contribution in [1.29, 1.82) is 0 Å². The molecular formula is C17H27NO. The zero-order valence-corrected chi connectivity index (χ0v) is 12.3. The summed E-state index contributed by atoms with van der Waals surface area (Å²) in [4.78, 5) is 0. The lowest BCUT2D eigenvalue weighted by Crippen LogP contribution is -2.27. The Kier molecular flexibility index (Phi) is 5.87. The molecule has 0 spiro atoms. The first-order valence-electron chi connectivity index (χ1n) is 7.67. The van der Waals surface area contributed by atoms with Crippen molar-refractivity contribution in [2.75, 3.05) is 19.8 Å². The molecular weight excluding hydrogens is 234 g/mol. The van der Waals surface area contributed by atoms with E-state index in [0.29, 0.717) is 6.04 Å². The molecule has 2 rings (SSSR count). The van der Waals surface area contributed by atoms with Crippen molar-refractivity contribution >= 4 is 0 Å². The number of hydrogen-bond donors (Lipinski definition) is 1. The summed E-state index contributed by atoms with van der Waals surface area (Å²) in [5.41, 5.74) is 2.80. The molecule has 1 fully saturated rings. The van der Waals surface area contributed by atoms with Crippen LogP contribution in [0.2, 0.25) is 0 Å². The van der Waals surface area contributed by atoms with E-state index in [1.165, 1.54) is 36.8 Å². The maximum Gasteiger partial charge on any atom is 0.0468 e. The highest BCUT2D eigenvalue weighted by molar-refractivity contribution is 5.25. The highest BCUT2D eigenvalue weighted by Gasteiger charge is 2.20. The van der Waals surface area contributed by atoms with Gasteiger partial charge in [0.05, 0.1) is 0 Å². The Labute approximate surface area is 117 Å². The standard InChI is InChI=1S/C17H27NO/c1-3-9-18-17(13-15-7-10-19-11-8-15)16-6-4-5-14(2)12-16/h4-6,12,15,17-18H,3,7-11,13H2,1-2H3. The molecule has 19 heavy (non-hydrogen) atoms. The lowest BCUT2D eigenvalue weighted by molar-refractivity contribution is 0.0605. The third-order valence-electron chi connectivity index (χ3n) is 4.00. The lowest BCUT2D eigenvalue weighted by Gasteiger charge is -2.28. The second-order valence-electron chi connectivity index (χ2n) is 5.71. The first-order chi connectivity index (χ1) is 9.29. The van der Waals surface area contributed by atoms with Gasteiger partial charge in [-0.3, -0.25) is 0 Å². The maximum absolute atomic E-state index is 5.47. The molecule has 0 bridgehead atoms. The van der Waals surface area contributed by atoms with Gasteiger partial charge in [0, 0.05) is 19.3 Å². The summed E-state index contributed by atoms with van der Waals surface area (Å²) in [5.74, 6) is 0.809. The van der Waals surface area contributed by atoms with Crippen molar-refractivity contribution < 1.29 is 4.74 Å². The summed E-state index contributed by atoms with van der Waals surface area (Å²) < 4.78 is 5.47. The van der Waals surface area contributed by atoms with Crippen molar-refractivity contribution in [3.8, 4) is 0 Å². The van der Waals surface area contributed by atoms with Crippen molar-refractivity contribution in [3.05, 3.63) is 35.4 Å². The van der Waals surface area contributed by atoms with Crippen LogP contribution in [0, 0.1) is 12.8 Å². The Morgan fingerprint density at radius 1 is 1.32 bits per heavy atom. The van der Waals surface area contributed by atoms with E-state index in [0.717, 1.165) is 25.7 Å². The van der Waals surface area contributed by atoms with Crippen LogP contribution < -0.4 is 5.32 Å². The Balaban J connectivity index is 2.01. The molecule has 1 aromatic carbocycles. The summed E-state index contributed by atoms with van der Waals surface area (Å²) in [7, 11) is 0. The van der Waals surface area contributed by atoms with Gasteiger partial charge in [0.15, 0.2) is 0 Å². The van der Waals surface area contributed by atoms with Gasteiger partial charge in [0.2, 0.25) is 0 Å². The average Bonchev–Trinajstić information content (AvgIpc) is 2.44. The van der Waals surface area contributed by atoms with Crippen LogP contribution in [0.1, 0.15) is 49.8 Å². The van der Waals surface area contributed by atoms with Crippen LogP contribution in [0.4, 0.5) is 0 Å². The first kappa shape index (κ1) is 14.5. The fourth-order valence-corrected chi connectivity index (χ4v) is 2.86. The summed E-state index contributed by atoms with van der Waals surface area (Å²) in [5, 5.41) is 3.72. The minimum absolute atomic E-state index is 0.503. The molecule has 1 heterocycles. The molecule has 1 saturated heterocycles. The minimum Gasteiger partial charge on any atom is -0.381 e. The Hall–Kier alpha value is -0.860. The van der Waals surface area contributed by atoms with Gasteiger partial charge in [0.25, 0.3) is 0 Å². The third-order valence-corrected chi connectivity index (χ3v) is 4.00. The number of rotatable bonds is 6. The van der Waals surface area contributed by atoms with Crippen molar-refractivity contribution in [1.82, 2.24) is 5.32 Å². The van der Waals surface area contributed by atoms with Gasteiger partial charge in [-0.15, -0.1) is 0 Å². The van der Waals surface area contributed by atoms with Gasteiger partial charge in [-0.05, 0) is 50.6 Å². The molecule has 2 nitrogen and oxygen atoms in total. The second kappa shape index (κ2) is 7.66. The lowest BCUT2D eigenvalue weighted by atomic mass is 9.89. The maximum atomic E-state index is 5.47. The summed E-state index contributed by atoms with van der Waals surface area (Å²) >= 11 is 0. The highest BCUT2D eigenvalue weighted by Crippen LogP contribution is 2.28. The van der Waals surface area contributed by atoms with E-state index in [9.17, 15) is 0 Å². The van der Waals surface area contributed by atoms with Gasteiger partial charge in [-0.25, -0.2) is 0 Å². The Bertz CT molecular complexity index is 371. The van der Waals surface area contributed by atoms with Crippen LogP contribution >= 0.6 is 0 Å². The summed E-state index contributed by atoms with van der Waals surface area (Å²) in [6.07, 6.45) is 4.87. The van der Waals surface area contributed by atoms with E-state index in [-0.39, 0.29) is 0 Å². The average molecular weight is 261 g/mol. The monoisotopic (exact) mass is 261 g/mol. The molecule has 1 aliphatic heterocycles. The topological polar surface area (TPSA) is 21.3 Å². The minimum atomic E-state index is 0.503. The Morgan fingerprint density at radius 3 is 2.79 bits per heavy atom. The molecule has 1 aromatic rings.